The van der Waals surface area contributed by atoms with Crippen molar-refractivity contribution >= 4 is 64.9 Å². The van der Waals surface area contributed by atoms with Crippen molar-refractivity contribution in [2.24, 2.45) is 0 Å². The molecule has 59 heavy (non-hydrogen) atoms. The molecule has 1 aromatic heterocycles. The lowest BCUT2D eigenvalue weighted by molar-refractivity contribution is 1.18. The van der Waals surface area contributed by atoms with Crippen LogP contribution in [0, 0.1) is 0 Å². The molecule has 0 radical (unpaired) electrons. The molecule has 1 heterocycles. The molecule has 0 saturated heterocycles. The number of aromatic nitrogens is 1. The minimum Gasteiger partial charge on any atom is -0.309 e. The highest BCUT2D eigenvalue weighted by molar-refractivity contribution is 6.32. The van der Waals surface area contributed by atoms with Crippen LogP contribution in [0.4, 0.5) is 0 Å². The maximum Gasteiger partial charge on any atom is 0.0547 e. The Kier molecular flexibility index (Phi) is 7.61. The zero-order chi connectivity index (χ0) is 38.9. The smallest absolute Gasteiger partial charge is 0.0547 e. The van der Waals surface area contributed by atoms with E-state index in [1.807, 2.05) is 0 Å². The third-order valence-corrected chi connectivity index (χ3v) is 12.4. The van der Waals surface area contributed by atoms with Crippen molar-refractivity contribution in [3.05, 3.63) is 224 Å². The highest BCUT2D eigenvalue weighted by Gasteiger charge is 2.23. The van der Waals surface area contributed by atoms with Crippen molar-refractivity contribution < 1.29 is 0 Å². The van der Waals surface area contributed by atoms with E-state index in [1.54, 1.807) is 0 Å². The molecule has 0 aliphatic rings. The second-order valence-corrected chi connectivity index (χ2v) is 15.5. The molecular weight excluding hydrogens is 711 g/mol. The molecule has 274 valence electrons. The van der Waals surface area contributed by atoms with Gasteiger partial charge in [0.25, 0.3) is 0 Å². The Bertz CT molecular complexity index is 3510. The lowest BCUT2D eigenvalue weighted by atomic mass is 9.84. The fourth-order valence-electron chi connectivity index (χ4n) is 9.96. The second kappa shape index (κ2) is 13.4. The summed E-state index contributed by atoms with van der Waals surface area (Å²) >= 11 is 0. The Hall–Kier alpha value is -7.74. The summed E-state index contributed by atoms with van der Waals surface area (Å²) in [4.78, 5) is 0. The van der Waals surface area contributed by atoms with E-state index in [0.29, 0.717) is 0 Å². The molecule has 0 atom stereocenters. The summed E-state index contributed by atoms with van der Waals surface area (Å²) < 4.78 is 2.47. The molecule has 11 aromatic carbocycles. The van der Waals surface area contributed by atoms with Crippen LogP contribution in [0.5, 0.6) is 0 Å². The van der Waals surface area contributed by atoms with Crippen LogP contribution in [0.3, 0.4) is 0 Å². The predicted molar refractivity (Wildman–Crippen MR) is 253 cm³/mol. The van der Waals surface area contributed by atoms with Gasteiger partial charge in [0.1, 0.15) is 0 Å². The zero-order valence-electron chi connectivity index (χ0n) is 32.3. The summed E-state index contributed by atoms with van der Waals surface area (Å²) in [6.07, 6.45) is 0. The fraction of sp³-hybridized carbons (Fsp3) is 0. The van der Waals surface area contributed by atoms with Gasteiger partial charge in [-0.3, -0.25) is 0 Å². The number of fused-ring (bicyclic) bond motifs is 8. The minimum atomic E-state index is 1.14. The monoisotopic (exact) mass is 747 g/mol. The minimum absolute atomic E-state index is 1.14. The Balaban J connectivity index is 1.14. The largest absolute Gasteiger partial charge is 0.309 e. The van der Waals surface area contributed by atoms with Crippen LogP contribution in [0.2, 0.25) is 0 Å². The Morgan fingerprint density at radius 1 is 0.203 bits per heavy atom. The lowest BCUT2D eigenvalue weighted by Gasteiger charge is -2.19. The molecular formula is C58H37N. The number of para-hydroxylation sites is 1. The Morgan fingerprint density at radius 3 is 1.03 bits per heavy atom. The maximum atomic E-state index is 2.47. The first-order chi connectivity index (χ1) is 29.3. The topological polar surface area (TPSA) is 4.93 Å². The summed E-state index contributed by atoms with van der Waals surface area (Å²) in [5.74, 6) is 0. The molecule has 0 unspecified atom stereocenters. The van der Waals surface area contributed by atoms with Gasteiger partial charge in [0.05, 0.1) is 11.0 Å². The molecule has 1 heteroatoms. The molecule has 0 amide bonds. The third kappa shape index (κ3) is 5.12. The van der Waals surface area contributed by atoms with E-state index in [4.69, 9.17) is 0 Å². The van der Waals surface area contributed by atoms with Gasteiger partial charge in [-0.25, -0.2) is 0 Å². The number of rotatable bonds is 5. The van der Waals surface area contributed by atoms with Crippen molar-refractivity contribution in [2.45, 2.75) is 0 Å². The summed E-state index contributed by atoms with van der Waals surface area (Å²) in [6, 6.07) is 82.4. The van der Waals surface area contributed by atoms with Crippen LogP contribution in [-0.4, -0.2) is 4.57 Å². The Morgan fingerprint density at radius 2 is 0.559 bits per heavy atom. The number of hydrogen-bond acceptors (Lipinski definition) is 0. The van der Waals surface area contributed by atoms with Gasteiger partial charge < -0.3 is 4.57 Å². The van der Waals surface area contributed by atoms with E-state index < -0.39 is 0 Å². The maximum absolute atomic E-state index is 2.47. The molecule has 1 nitrogen and oxygen atoms in total. The first-order valence-corrected chi connectivity index (χ1v) is 20.4. The fourth-order valence-corrected chi connectivity index (χ4v) is 9.96. The van der Waals surface area contributed by atoms with Crippen molar-refractivity contribution in [3.63, 3.8) is 0 Å². The normalized spacial score (nSPS) is 11.7. The van der Waals surface area contributed by atoms with Gasteiger partial charge in [0.2, 0.25) is 0 Å². The van der Waals surface area contributed by atoms with E-state index in [9.17, 15) is 0 Å². The molecule has 0 spiro atoms. The van der Waals surface area contributed by atoms with Gasteiger partial charge in [0, 0.05) is 21.8 Å². The SMILES string of the molecule is c1ccc(-c2c3ccccc3c(-c3ccc(-n4c5ccccc5c5c6c(-c7ccccc7)c7ccccc7c(-c7ccccc7)c6ccc54)cc3)c3ccccc23)cc1. The van der Waals surface area contributed by atoms with Gasteiger partial charge >= 0.3 is 0 Å². The van der Waals surface area contributed by atoms with Gasteiger partial charge in [-0.1, -0.05) is 200 Å². The molecule has 0 N–H and O–H groups in total. The van der Waals surface area contributed by atoms with Crippen LogP contribution in [0.15, 0.2) is 224 Å². The predicted octanol–water partition coefficient (Wildman–Crippen LogP) is 16.1. The van der Waals surface area contributed by atoms with Crippen LogP contribution in [0.1, 0.15) is 0 Å². The molecule has 0 aliphatic heterocycles. The standard InChI is InChI=1S/C58H37N/c1-4-18-38(19-5-1)53-43-24-10-12-26-45(43)54(46-27-13-11-25-44(46)53)41-32-34-42(35-33-41)59-51-31-17-16-30-49(51)57-52(59)37-36-50-55(39-20-6-2-7-21-39)47-28-14-15-29-48(47)56(58(50)57)40-22-8-3-9-23-40/h1-37H. The number of benzene rings is 11. The van der Waals surface area contributed by atoms with Crippen molar-refractivity contribution in [1.82, 2.24) is 4.57 Å². The first-order valence-electron chi connectivity index (χ1n) is 20.4. The van der Waals surface area contributed by atoms with Gasteiger partial charge in [-0.05, 0) is 106 Å². The van der Waals surface area contributed by atoms with Gasteiger partial charge in [0.15, 0.2) is 0 Å². The van der Waals surface area contributed by atoms with E-state index in [2.05, 4.69) is 229 Å². The molecule has 12 rings (SSSR count). The third-order valence-electron chi connectivity index (χ3n) is 12.4. The van der Waals surface area contributed by atoms with Crippen molar-refractivity contribution in [3.8, 4) is 50.2 Å². The van der Waals surface area contributed by atoms with Gasteiger partial charge in [-0.2, -0.15) is 0 Å². The Labute approximate surface area is 342 Å². The van der Waals surface area contributed by atoms with E-state index in [-0.39, 0.29) is 0 Å². The summed E-state index contributed by atoms with van der Waals surface area (Å²) in [5, 5.41) is 12.6. The van der Waals surface area contributed by atoms with Crippen LogP contribution in [-0.2, 0) is 0 Å². The van der Waals surface area contributed by atoms with E-state index >= 15 is 0 Å². The number of nitrogens with zero attached hydrogens (tertiary/aromatic N) is 1. The highest BCUT2D eigenvalue weighted by atomic mass is 15.0. The zero-order valence-corrected chi connectivity index (χ0v) is 32.3. The second-order valence-electron chi connectivity index (χ2n) is 15.5. The average molecular weight is 748 g/mol. The lowest BCUT2D eigenvalue weighted by Crippen LogP contribution is -1.95. The molecule has 0 bridgehead atoms. The van der Waals surface area contributed by atoms with Crippen molar-refractivity contribution in [2.75, 3.05) is 0 Å². The first kappa shape index (κ1) is 33.4. The molecule has 12 aromatic rings. The molecule has 0 saturated carbocycles. The summed E-state index contributed by atoms with van der Waals surface area (Å²) in [7, 11) is 0. The van der Waals surface area contributed by atoms with Crippen LogP contribution < -0.4 is 0 Å². The average Bonchev–Trinajstić information content (AvgIpc) is 3.65. The van der Waals surface area contributed by atoms with E-state index in [1.165, 1.54) is 109 Å². The number of hydrogen-bond donors (Lipinski definition) is 0. The molecule has 0 aliphatic carbocycles. The highest BCUT2D eigenvalue weighted by Crippen LogP contribution is 2.49. The van der Waals surface area contributed by atoms with Crippen LogP contribution in [0.25, 0.3) is 115 Å². The van der Waals surface area contributed by atoms with E-state index in [0.717, 1.165) is 5.69 Å². The van der Waals surface area contributed by atoms with Crippen LogP contribution >= 0.6 is 0 Å². The summed E-state index contributed by atoms with van der Waals surface area (Å²) in [6.45, 7) is 0. The molecule has 0 fully saturated rings. The summed E-state index contributed by atoms with van der Waals surface area (Å²) in [5.41, 5.74) is 13.5. The van der Waals surface area contributed by atoms with Gasteiger partial charge in [-0.15, -0.1) is 0 Å². The van der Waals surface area contributed by atoms with Crippen molar-refractivity contribution in [1.29, 1.82) is 0 Å². The quantitative estimate of drug-likeness (QED) is 0.155.